The number of nitrogens with one attached hydrogen (secondary N) is 1. The van der Waals surface area contributed by atoms with Crippen LogP contribution in [0.2, 0.25) is 0 Å². The highest BCUT2D eigenvalue weighted by Crippen LogP contribution is 2.46. The van der Waals surface area contributed by atoms with Crippen molar-refractivity contribution in [3.8, 4) is 11.1 Å². The molecule has 1 saturated carbocycles. The molecule has 4 aromatic rings. The number of aromatic amines is 1. The summed E-state index contributed by atoms with van der Waals surface area (Å²) in [6, 6.07) is 3.55. The molecule has 208 valence electrons. The number of rotatable bonds is 5. The smallest absolute Gasteiger partial charge is 0.274 e. The summed E-state index contributed by atoms with van der Waals surface area (Å²) in [4.78, 5) is 24.4. The summed E-state index contributed by atoms with van der Waals surface area (Å²) in [6.07, 6.45) is 11.0. The topological polar surface area (TPSA) is 185 Å². The Bertz CT molecular complexity index is 1720. The maximum atomic E-state index is 13.1. The molecule has 2 saturated heterocycles. The van der Waals surface area contributed by atoms with Crippen molar-refractivity contribution in [2.75, 3.05) is 12.0 Å². The van der Waals surface area contributed by atoms with E-state index in [0.29, 0.717) is 54.0 Å². The van der Waals surface area contributed by atoms with E-state index in [2.05, 4.69) is 25.5 Å². The van der Waals surface area contributed by atoms with Gasteiger partial charge in [-0.1, -0.05) is 11.3 Å². The van der Waals surface area contributed by atoms with Crippen molar-refractivity contribution in [3.05, 3.63) is 47.8 Å². The zero-order chi connectivity index (χ0) is 27.8. The third kappa shape index (κ3) is 3.80. The summed E-state index contributed by atoms with van der Waals surface area (Å²) < 4.78 is 27.4. The van der Waals surface area contributed by atoms with Crippen LogP contribution in [0.1, 0.15) is 72.7 Å². The first-order valence-electron chi connectivity index (χ1n) is 13.4. The van der Waals surface area contributed by atoms with Crippen LogP contribution in [-0.4, -0.2) is 77.7 Å². The van der Waals surface area contributed by atoms with E-state index >= 15 is 0 Å². The Balaban J connectivity index is 1.28. The summed E-state index contributed by atoms with van der Waals surface area (Å²) >= 11 is 0. The van der Waals surface area contributed by atoms with Gasteiger partial charge in [0, 0.05) is 41.6 Å². The van der Waals surface area contributed by atoms with Crippen molar-refractivity contribution in [3.63, 3.8) is 0 Å². The first-order valence-corrected chi connectivity index (χ1v) is 15.3. The zero-order valence-electron chi connectivity index (χ0n) is 21.9. The monoisotopic (exact) mass is 563 g/mol. The number of sulfone groups is 1. The molecule has 0 spiro atoms. The number of H-pyrrole nitrogens is 1. The Kier molecular flexibility index (Phi) is 5.52. The highest BCUT2D eigenvalue weighted by Gasteiger charge is 2.46. The van der Waals surface area contributed by atoms with Crippen molar-refractivity contribution >= 4 is 27.2 Å². The van der Waals surface area contributed by atoms with Crippen LogP contribution >= 0.6 is 0 Å². The first kappa shape index (κ1) is 25.1. The number of pyridine rings is 1. The lowest BCUT2D eigenvalue weighted by atomic mass is 9.77. The number of carbonyl (C=O) groups is 1. The SMILES string of the molecule is CS(=O)(=O)c1c(C2C[C@H]3CC[C@@H](C2)N3C(=O)c2cnn[nH]2)nc2c(-c3ccc(C4(O)CCC4)nc3)cnn2c1N. The molecule has 14 heteroatoms. The Labute approximate surface area is 229 Å². The number of nitrogen functional groups attached to an aromatic ring is 1. The van der Waals surface area contributed by atoms with Crippen molar-refractivity contribution in [1.82, 2.24) is 39.9 Å². The lowest BCUT2D eigenvalue weighted by molar-refractivity contribution is -0.0426. The molecule has 4 N–H and O–H groups in total. The Morgan fingerprint density at radius 1 is 1.15 bits per heavy atom. The van der Waals surface area contributed by atoms with Crippen molar-refractivity contribution < 1.29 is 18.3 Å². The summed E-state index contributed by atoms with van der Waals surface area (Å²) in [5, 5.41) is 25.1. The Hall–Kier alpha value is -3.91. The predicted octanol–water partition coefficient (Wildman–Crippen LogP) is 1.82. The molecule has 2 aliphatic heterocycles. The van der Waals surface area contributed by atoms with E-state index in [4.69, 9.17) is 10.7 Å². The minimum absolute atomic E-state index is 0.0106. The van der Waals surface area contributed by atoms with Gasteiger partial charge in [0.15, 0.2) is 15.5 Å². The maximum absolute atomic E-state index is 13.1. The van der Waals surface area contributed by atoms with Gasteiger partial charge in [0.2, 0.25) is 0 Å². The molecule has 13 nitrogen and oxygen atoms in total. The maximum Gasteiger partial charge on any atom is 0.274 e. The fraction of sp³-hybridized carbons (Fsp3) is 0.462. The molecular formula is C26H29N9O4S. The Morgan fingerprint density at radius 2 is 1.90 bits per heavy atom. The second kappa shape index (κ2) is 8.80. The lowest BCUT2D eigenvalue weighted by Crippen LogP contribution is -2.46. The summed E-state index contributed by atoms with van der Waals surface area (Å²) in [5.74, 6) is -0.353. The fourth-order valence-corrected chi connectivity index (χ4v) is 7.71. The summed E-state index contributed by atoms with van der Waals surface area (Å²) in [5.41, 5.74) is 8.83. The third-order valence-electron chi connectivity index (χ3n) is 8.77. The van der Waals surface area contributed by atoms with Gasteiger partial charge in [0.05, 0.1) is 23.8 Å². The van der Waals surface area contributed by atoms with Gasteiger partial charge in [-0.2, -0.15) is 9.61 Å². The normalized spacial score (nSPS) is 23.9. The van der Waals surface area contributed by atoms with Crippen molar-refractivity contribution in [2.45, 2.75) is 73.4 Å². The fourth-order valence-electron chi connectivity index (χ4n) is 6.65. The molecule has 0 aromatic carbocycles. The number of amides is 1. The minimum atomic E-state index is -3.75. The third-order valence-corrected chi connectivity index (χ3v) is 9.93. The zero-order valence-corrected chi connectivity index (χ0v) is 22.7. The number of anilines is 1. The van der Waals surface area contributed by atoms with Crippen LogP contribution < -0.4 is 5.73 Å². The van der Waals surface area contributed by atoms with Crippen LogP contribution in [0.4, 0.5) is 5.82 Å². The molecule has 3 aliphatic rings. The molecule has 0 radical (unpaired) electrons. The number of hydrogen-bond donors (Lipinski definition) is 3. The molecule has 7 rings (SSSR count). The van der Waals surface area contributed by atoms with Crippen LogP contribution in [0.25, 0.3) is 16.8 Å². The van der Waals surface area contributed by atoms with Gasteiger partial charge in [-0.05, 0) is 51.0 Å². The molecule has 1 aliphatic carbocycles. The quantitative estimate of drug-likeness (QED) is 0.323. The number of nitrogens with two attached hydrogens (primary N) is 1. The molecule has 4 aromatic heterocycles. The summed E-state index contributed by atoms with van der Waals surface area (Å²) in [6.45, 7) is 0. The van der Waals surface area contributed by atoms with E-state index < -0.39 is 15.4 Å². The predicted molar refractivity (Wildman–Crippen MR) is 143 cm³/mol. The van der Waals surface area contributed by atoms with E-state index in [1.165, 1.54) is 10.7 Å². The van der Waals surface area contributed by atoms with Crippen LogP contribution in [0.5, 0.6) is 0 Å². The number of nitrogens with zero attached hydrogens (tertiary/aromatic N) is 7. The highest BCUT2D eigenvalue weighted by molar-refractivity contribution is 7.91. The van der Waals surface area contributed by atoms with Crippen LogP contribution in [0, 0.1) is 0 Å². The molecule has 3 fully saturated rings. The van der Waals surface area contributed by atoms with Crippen molar-refractivity contribution in [1.29, 1.82) is 0 Å². The molecular weight excluding hydrogens is 534 g/mol. The van der Waals surface area contributed by atoms with Gasteiger partial charge in [0.25, 0.3) is 5.91 Å². The molecule has 3 atom stereocenters. The highest BCUT2D eigenvalue weighted by atomic mass is 32.2. The van der Waals surface area contributed by atoms with Gasteiger partial charge in [-0.3, -0.25) is 14.9 Å². The number of fused-ring (bicyclic) bond motifs is 3. The number of carbonyl (C=O) groups excluding carboxylic acids is 1. The Morgan fingerprint density at radius 3 is 2.48 bits per heavy atom. The van der Waals surface area contributed by atoms with Gasteiger partial charge >= 0.3 is 0 Å². The van der Waals surface area contributed by atoms with Gasteiger partial charge in [-0.15, -0.1) is 5.10 Å². The van der Waals surface area contributed by atoms with Crippen LogP contribution in [0.15, 0.2) is 35.6 Å². The second-order valence-corrected chi connectivity index (χ2v) is 13.2. The van der Waals surface area contributed by atoms with E-state index in [9.17, 15) is 18.3 Å². The molecule has 40 heavy (non-hydrogen) atoms. The van der Waals surface area contributed by atoms with E-state index in [1.807, 2.05) is 17.0 Å². The molecule has 1 amide bonds. The van der Waals surface area contributed by atoms with E-state index in [-0.39, 0.29) is 34.6 Å². The largest absolute Gasteiger partial charge is 0.384 e. The number of piperidine rings is 1. The standard InChI is InChI=1S/C26H29N9O4S/c1-40(38,39)22-21(15-9-16-4-5-17(10-15)34(16)25(36)19-13-29-33-32-19)31-24-18(12-30-35(24)23(22)27)14-3-6-20(28-11-14)26(37)7-2-8-26/h3,6,11-13,15-17,37H,2,4-5,7-10,27H2,1H3,(H,29,32,33)/t15?,16-,17+. The molecule has 2 bridgehead atoms. The van der Waals surface area contributed by atoms with E-state index in [1.54, 1.807) is 12.4 Å². The van der Waals surface area contributed by atoms with Crippen molar-refractivity contribution in [2.24, 2.45) is 0 Å². The molecule has 1 unspecified atom stereocenters. The van der Waals surface area contributed by atoms with Crippen LogP contribution in [-0.2, 0) is 15.4 Å². The average Bonchev–Trinajstić information content (AvgIpc) is 3.65. The summed E-state index contributed by atoms with van der Waals surface area (Å²) in [7, 11) is -3.75. The van der Waals surface area contributed by atoms with E-state index in [0.717, 1.165) is 31.1 Å². The number of aromatic nitrogens is 7. The molecule has 6 heterocycles. The number of aliphatic hydroxyl groups is 1. The van der Waals surface area contributed by atoms with Crippen LogP contribution in [0.3, 0.4) is 0 Å². The van der Waals surface area contributed by atoms with Gasteiger partial charge in [-0.25, -0.2) is 13.4 Å². The van der Waals surface area contributed by atoms with Gasteiger partial charge < -0.3 is 15.7 Å². The average molecular weight is 564 g/mol. The second-order valence-electron chi connectivity index (χ2n) is 11.2. The number of hydrogen-bond acceptors (Lipinski definition) is 10. The minimum Gasteiger partial charge on any atom is -0.384 e. The lowest BCUT2D eigenvalue weighted by Gasteiger charge is -2.39. The first-order chi connectivity index (χ1) is 19.1. The van der Waals surface area contributed by atoms with Gasteiger partial charge in [0.1, 0.15) is 22.0 Å².